The second kappa shape index (κ2) is 5.69. The molecule has 1 aliphatic rings. The fourth-order valence-electron chi connectivity index (χ4n) is 2.22. The summed E-state index contributed by atoms with van der Waals surface area (Å²) >= 11 is 3.63. The van der Waals surface area contributed by atoms with Gasteiger partial charge in [-0.1, -0.05) is 33.6 Å². The standard InChI is InChI=1S/C14H18BrNO/c1-10-5-6-13(15)12(8-10)14(16-2)11-4-3-7-17-9-11/h5-6,8-9,14,16H,3-4,7H2,1-2H3. The second-order valence-corrected chi connectivity index (χ2v) is 5.27. The van der Waals surface area contributed by atoms with Crippen LogP contribution in [0.3, 0.4) is 0 Å². The minimum atomic E-state index is 0.240. The Morgan fingerprint density at radius 1 is 1.41 bits per heavy atom. The Morgan fingerprint density at radius 2 is 2.24 bits per heavy atom. The summed E-state index contributed by atoms with van der Waals surface area (Å²) in [6, 6.07) is 6.69. The quantitative estimate of drug-likeness (QED) is 0.918. The van der Waals surface area contributed by atoms with Gasteiger partial charge in [0, 0.05) is 4.47 Å². The van der Waals surface area contributed by atoms with Crippen LogP contribution in [0.4, 0.5) is 0 Å². The molecule has 0 fully saturated rings. The monoisotopic (exact) mass is 295 g/mol. The van der Waals surface area contributed by atoms with Gasteiger partial charge in [-0.3, -0.25) is 0 Å². The molecule has 0 spiro atoms. The van der Waals surface area contributed by atoms with E-state index >= 15 is 0 Å². The molecule has 2 rings (SSSR count). The number of aryl methyl sites for hydroxylation is 1. The highest BCUT2D eigenvalue weighted by molar-refractivity contribution is 9.10. The lowest BCUT2D eigenvalue weighted by Crippen LogP contribution is -2.21. The summed E-state index contributed by atoms with van der Waals surface area (Å²) in [7, 11) is 1.99. The van der Waals surface area contributed by atoms with Gasteiger partial charge >= 0.3 is 0 Å². The van der Waals surface area contributed by atoms with Gasteiger partial charge < -0.3 is 10.1 Å². The maximum Gasteiger partial charge on any atom is 0.0876 e. The Labute approximate surface area is 111 Å². The van der Waals surface area contributed by atoms with Crippen molar-refractivity contribution in [3.05, 3.63) is 45.6 Å². The molecule has 1 atom stereocenters. The zero-order valence-corrected chi connectivity index (χ0v) is 11.9. The Hall–Kier alpha value is -0.800. The van der Waals surface area contributed by atoms with Crippen molar-refractivity contribution in [2.75, 3.05) is 13.7 Å². The molecule has 0 saturated carbocycles. The lowest BCUT2D eigenvalue weighted by Gasteiger charge is -2.24. The predicted molar refractivity (Wildman–Crippen MR) is 73.9 cm³/mol. The van der Waals surface area contributed by atoms with Crippen molar-refractivity contribution in [1.82, 2.24) is 5.32 Å². The van der Waals surface area contributed by atoms with Crippen LogP contribution in [0, 0.1) is 6.92 Å². The van der Waals surface area contributed by atoms with Crippen molar-refractivity contribution < 1.29 is 4.74 Å². The molecular formula is C14H18BrNO. The lowest BCUT2D eigenvalue weighted by atomic mass is 9.94. The minimum Gasteiger partial charge on any atom is -0.501 e. The van der Waals surface area contributed by atoms with E-state index < -0.39 is 0 Å². The van der Waals surface area contributed by atoms with Gasteiger partial charge in [-0.2, -0.15) is 0 Å². The molecule has 1 N–H and O–H groups in total. The van der Waals surface area contributed by atoms with Gasteiger partial charge in [0.2, 0.25) is 0 Å². The summed E-state index contributed by atoms with van der Waals surface area (Å²) in [5.74, 6) is 0. The molecule has 3 heteroatoms. The van der Waals surface area contributed by atoms with Crippen LogP contribution in [-0.4, -0.2) is 13.7 Å². The zero-order valence-electron chi connectivity index (χ0n) is 10.3. The van der Waals surface area contributed by atoms with E-state index in [9.17, 15) is 0 Å². The number of nitrogens with one attached hydrogen (secondary N) is 1. The fourth-order valence-corrected chi connectivity index (χ4v) is 2.70. The molecule has 1 aromatic carbocycles. The van der Waals surface area contributed by atoms with E-state index in [4.69, 9.17) is 4.74 Å². The molecule has 0 amide bonds. The van der Waals surface area contributed by atoms with Crippen LogP contribution in [0.5, 0.6) is 0 Å². The second-order valence-electron chi connectivity index (χ2n) is 4.41. The van der Waals surface area contributed by atoms with Crippen LogP contribution in [0.25, 0.3) is 0 Å². The summed E-state index contributed by atoms with van der Waals surface area (Å²) in [6.45, 7) is 2.96. The fraction of sp³-hybridized carbons (Fsp3) is 0.429. The topological polar surface area (TPSA) is 21.3 Å². The van der Waals surface area contributed by atoms with Crippen molar-refractivity contribution in [1.29, 1.82) is 0 Å². The van der Waals surface area contributed by atoms with Gasteiger partial charge in [0.05, 0.1) is 18.9 Å². The molecule has 17 heavy (non-hydrogen) atoms. The number of benzene rings is 1. The highest BCUT2D eigenvalue weighted by atomic mass is 79.9. The van der Waals surface area contributed by atoms with E-state index in [0.717, 1.165) is 23.9 Å². The maximum atomic E-state index is 5.44. The Balaban J connectivity index is 2.34. The predicted octanol–water partition coefficient (Wildman–Crippen LogP) is 3.71. The average molecular weight is 296 g/mol. The molecule has 1 unspecified atom stereocenters. The first-order chi connectivity index (χ1) is 8.22. The van der Waals surface area contributed by atoms with Gasteiger partial charge in [-0.15, -0.1) is 0 Å². The molecule has 1 aliphatic heterocycles. The van der Waals surface area contributed by atoms with Crippen LogP contribution >= 0.6 is 15.9 Å². The third kappa shape index (κ3) is 2.90. The third-order valence-corrected chi connectivity index (χ3v) is 3.81. The Morgan fingerprint density at radius 3 is 2.88 bits per heavy atom. The largest absolute Gasteiger partial charge is 0.501 e. The van der Waals surface area contributed by atoms with Crippen molar-refractivity contribution in [3.63, 3.8) is 0 Å². The number of hydrogen-bond donors (Lipinski definition) is 1. The molecule has 2 nitrogen and oxygen atoms in total. The first-order valence-corrected chi connectivity index (χ1v) is 6.75. The van der Waals surface area contributed by atoms with Gasteiger partial charge in [0.15, 0.2) is 0 Å². The van der Waals surface area contributed by atoms with E-state index in [1.165, 1.54) is 16.7 Å². The van der Waals surface area contributed by atoms with Crippen molar-refractivity contribution in [2.24, 2.45) is 0 Å². The van der Waals surface area contributed by atoms with E-state index in [2.05, 4.69) is 46.4 Å². The van der Waals surface area contributed by atoms with Gasteiger partial charge in [-0.25, -0.2) is 0 Å². The normalized spacial score (nSPS) is 17.2. The van der Waals surface area contributed by atoms with E-state index in [1.54, 1.807) is 0 Å². The van der Waals surface area contributed by atoms with Crippen LogP contribution in [-0.2, 0) is 4.74 Å². The van der Waals surface area contributed by atoms with Gasteiger partial charge in [-0.05, 0) is 44.0 Å². The summed E-state index contributed by atoms with van der Waals surface area (Å²) in [5, 5.41) is 3.38. The summed E-state index contributed by atoms with van der Waals surface area (Å²) < 4.78 is 6.59. The maximum absolute atomic E-state index is 5.44. The molecule has 0 saturated heterocycles. The molecular weight excluding hydrogens is 278 g/mol. The summed E-state index contributed by atoms with van der Waals surface area (Å²) in [4.78, 5) is 0. The van der Waals surface area contributed by atoms with E-state index in [0.29, 0.717) is 0 Å². The Bertz CT molecular complexity index is 428. The molecule has 1 heterocycles. The Kier molecular flexibility index (Phi) is 4.24. The van der Waals surface area contributed by atoms with Crippen LogP contribution < -0.4 is 5.32 Å². The molecule has 92 valence electrons. The molecule has 0 bridgehead atoms. The third-order valence-electron chi connectivity index (χ3n) is 3.08. The van der Waals surface area contributed by atoms with Crippen LogP contribution in [0.15, 0.2) is 34.5 Å². The van der Waals surface area contributed by atoms with Crippen molar-refractivity contribution >= 4 is 15.9 Å². The number of hydrogen-bond acceptors (Lipinski definition) is 2. The van der Waals surface area contributed by atoms with E-state index in [-0.39, 0.29) is 6.04 Å². The van der Waals surface area contributed by atoms with Crippen LogP contribution in [0.1, 0.15) is 30.0 Å². The van der Waals surface area contributed by atoms with Gasteiger partial charge in [0.1, 0.15) is 0 Å². The smallest absolute Gasteiger partial charge is 0.0876 e. The summed E-state index contributed by atoms with van der Waals surface area (Å²) in [5.41, 5.74) is 3.88. The number of likely N-dealkylation sites (N-methyl/N-ethyl adjacent to an activating group) is 1. The van der Waals surface area contributed by atoms with Crippen molar-refractivity contribution in [2.45, 2.75) is 25.8 Å². The van der Waals surface area contributed by atoms with Gasteiger partial charge in [0.25, 0.3) is 0 Å². The SMILES string of the molecule is CNC(C1=COCCC1)c1cc(C)ccc1Br. The molecule has 0 aliphatic carbocycles. The van der Waals surface area contributed by atoms with Crippen LogP contribution in [0.2, 0.25) is 0 Å². The minimum absolute atomic E-state index is 0.240. The molecule has 1 aromatic rings. The first kappa shape index (κ1) is 12.7. The lowest BCUT2D eigenvalue weighted by molar-refractivity contribution is 0.220. The van der Waals surface area contributed by atoms with Crippen molar-refractivity contribution in [3.8, 4) is 0 Å². The highest BCUT2D eigenvalue weighted by Crippen LogP contribution is 2.32. The summed E-state index contributed by atoms with van der Waals surface area (Å²) in [6.07, 6.45) is 4.12. The number of halogens is 1. The van der Waals surface area contributed by atoms with E-state index in [1.807, 2.05) is 13.3 Å². The first-order valence-electron chi connectivity index (χ1n) is 5.96. The average Bonchev–Trinajstić information content (AvgIpc) is 2.36. The number of ether oxygens (including phenoxy) is 1. The molecule has 0 radical (unpaired) electrons. The molecule has 0 aromatic heterocycles. The zero-order chi connectivity index (χ0) is 12.3. The number of rotatable bonds is 3. The highest BCUT2D eigenvalue weighted by Gasteiger charge is 2.19.